The van der Waals surface area contributed by atoms with Gasteiger partial charge in [0.25, 0.3) is 0 Å². The van der Waals surface area contributed by atoms with Gasteiger partial charge in [-0.25, -0.2) is 0 Å². The van der Waals surface area contributed by atoms with Crippen LogP contribution in [0.5, 0.6) is 0 Å². The molecular weight excluding hydrogens is 398 g/mol. The average Bonchev–Trinajstić information content (AvgIpc) is 2.74. The number of carbonyl (C=O) groups excluding carboxylic acids is 2. The van der Waals surface area contributed by atoms with Crippen molar-refractivity contribution in [3.8, 4) is 0 Å². The standard InChI is InChI=1S/C27H31N3O2/c1-18-11-13-20(3)23(15-18)28-25(31)17-30(5)26(22-9-7-6-8-10-22)27(32)29-24-16-19(2)12-14-21(24)4/h6-16,26H,17H2,1-5H3,(H,28,31)(H,29,32)/t26-/m1/s1. The Morgan fingerprint density at radius 1 is 0.781 bits per heavy atom. The second-order valence-electron chi connectivity index (χ2n) is 8.40. The number of aryl methyl sites for hydroxylation is 4. The quantitative estimate of drug-likeness (QED) is 0.545. The number of carbonyl (C=O) groups is 2. The molecule has 5 heteroatoms. The second-order valence-corrected chi connectivity index (χ2v) is 8.40. The van der Waals surface area contributed by atoms with Crippen molar-refractivity contribution in [3.63, 3.8) is 0 Å². The van der Waals surface area contributed by atoms with E-state index in [2.05, 4.69) is 10.6 Å². The Labute approximate surface area is 190 Å². The highest BCUT2D eigenvalue weighted by atomic mass is 16.2. The zero-order valence-electron chi connectivity index (χ0n) is 19.4. The summed E-state index contributed by atoms with van der Waals surface area (Å²) in [7, 11) is 1.79. The number of hydrogen-bond acceptors (Lipinski definition) is 3. The van der Waals surface area contributed by atoms with Crippen LogP contribution >= 0.6 is 0 Å². The van der Waals surface area contributed by atoms with E-state index in [1.807, 2.05) is 94.4 Å². The molecule has 166 valence electrons. The van der Waals surface area contributed by atoms with E-state index in [1.165, 1.54) is 0 Å². The molecular formula is C27H31N3O2. The third-order valence-electron chi connectivity index (χ3n) is 5.52. The summed E-state index contributed by atoms with van der Waals surface area (Å²) in [5, 5.41) is 6.04. The summed E-state index contributed by atoms with van der Waals surface area (Å²) >= 11 is 0. The SMILES string of the molecule is Cc1ccc(C)c(NC(=O)CN(C)[C@@H](C(=O)Nc2cc(C)ccc2C)c2ccccc2)c1. The predicted molar refractivity (Wildman–Crippen MR) is 131 cm³/mol. The first-order valence-corrected chi connectivity index (χ1v) is 10.7. The van der Waals surface area contributed by atoms with Crippen LogP contribution in [0, 0.1) is 27.7 Å². The van der Waals surface area contributed by atoms with Gasteiger partial charge in [0.05, 0.1) is 6.54 Å². The van der Waals surface area contributed by atoms with Crippen LogP contribution in [0.15, 0.2) is 66.7 Å². The molecule has 0 unspecified atom stereocenters. The molecule has 0 spiro atoms. The summed E-state index contributed by atoms with van der Waals surface area (Å²) in [5.74, 6) is -0.339. The summed E-state index contributed by atoms with van der Waals surface area (Å²) in [5.41, 5.74) is 6.55. The van der Waals surface area contributed by atoms with Gasteiger partial charge in [0.1, 0.15) is 6.04 Å². The van der Waals surface area contributed by atoms with Gasteiger partial charge in [-0.1, -0.05) is 54.6 Å². The molecule has 3 aromatic rings. The molecule has 0 aliphatic carbocycles. The smallest absolute Gasteiger partial charge is 0.246 e. The lowest BCUT2D eigenvalue weighted by Gasteiger charge is -2.27. The van der Waals surface area contributed by atoms with E-state index in [9.17, 15) is 9.59 Å². The van der Waals surface area contributed by atoms with Crippen molar-refractivity contribution in [2.45, 2.75) is 33.7 Å². The van der Waals surface area contributed by atoms with Crippen molar-refractivity contribution in [1.82, 2.24) is 4.90 Å². The Morgan fingerprint density at radius 3 is 1.88 bits per heavy atom. The summed E-state index contributed by atoms with van der Waals surface area (Å²) in [6.45, 7) is 7.99. The second kappa shape index (κ2) is 10.2. The molecule has 5 nitrogen and oxygen atoms in total. The summed E-state index contributed by atoms with van der Waals surface area (Å²) in [4.78, 5) is 28.0. The van der Waals surface area contributed by atoms with Gasteiger partial charge in [-0.05, 0) is 74.7 Å². The average molecular weight is 430 g/mol. The Balaban J connectivity index is 1.80. The van der Waals surface area contributed by atoms with Crippen LogP contribution in [0.2, 0.25) is 0 Å². The fraction of sp³-hybridized carbons (Fsp3) is 0.259. The predicted octanol–water partition coefficient (Wildman–Crippen LogP) is 5.17. The number of benzene rings is 3. The highest BCUT2D eigenvalue weighted by Gasteiger charge is 2.27. The number of rotatable bonds is 7. The normalized spacial score (nSPS) is 11.8. The first-order valence-electron chi connectivity index (χ1n) is 10.7. The maximum atomic E-state index is 13.4. The lowest BCUT2D eigenvalue weighted by molar-refractivity contribution is -0.123. The Hall–Kier alpha value is -3.44. The summed E-state index contributed by atoms with van der Waals surface area (Å²) < 4.78 is 0. The first kappa shape index (κ1) is 23.2. The molecule has 0 aromatic heterocycles. The topological polar surface area (TPSA) is 61.4 Å². The van der Waals surface area contributed by atoms with Gasteiger partial charge in [0.15, 0.2) is 0 Å². The van der Waals surface area contributed by atoms with Crippen LogP contribution < -0.4 is 10.6 Å². The van der Waals surface area contributed by atoms with E-state index in [-0.39, 0.29) is 18.4 Å². The fourth-order valence-electron chi connectivity index (χ4n) is 3.69. The van der Waals surface area contributed by atoms with Crippen molar-refractivity contribution in [1.29, 1.82) is 0 Å². The largest absolute Gasteiger partial charge is 0.325 e. The van der Waals surface area contributed by atoms with E-state index >= 15 is 0 Å². The molecule has 2 amide bonds. The number of likely N-dealkylation sites (N-methyl/N-ethyl adjacent to an activating group) is 1. The van der Waals surface area contributed by atoms with E-state index < -0.39 is 6.04 Å². The summed E-state index contributed by atoms with van der Waals surface area (Å²) in [6.07, 6.45) is 0. The monoisotopic (exact) mass is 429 g/mol. The van der Waals surface area contributed by atoms with Crippen molar-refractivity contribution >= 4 is 23.2 Å². The minimum atomic E-state index is -0.611. The van der Waals surface area contributed by atoms with E-state index in [4.69, 9.17) is 0 Å². The molecule has 1 atom stereocenters. The van der Waals surface area contributed by atoms with E-state index in [0.717, 1.165) is 39.2 Å². The minimum absolute atomic E-state index is 0.0766. The number of hydrogen-bond donors (Lipinski definition) is 2. The lowest BCUT2D eigenvalue weighted by atomic mass is 10.0. The Bertz CT molecular complexity index is 1110. The van der Waals surface area contributed by atoms with Crippen molar-refractivity contribution in [3.05, 3.63) is 94.5 Å². The van der Waals surface area contributed by atoms with E-state index in [1.54, 1.807) is 11.9 Å². The van der Waals surface area contributed by atoms with Crippen LogP contribution in [-0.2, 0) is 9.59 Å². The van der Waals surface area contributed by atoms with Gasteiger partial charge >= 0.3 is 0 Å². The zero-order chi connectivity index (χ0) is 23.3. The Morgan fingerprint density at radius 2 is 1.31 bits per heavy atom. The molecule has 3 rings (SSSR count). The van der Waals surface area contributed by atoms with Gasteiger partial charge in [-0.2, -0.15) is 0 Å². The minimum Gasteiger partial charge on any atom is -0.325 e. The zero-order valence-corrected chi connectivity index (χ0v) is 19.4. The molecule has 0 saturated heterocycles. The maximum absolute atomic E-state index is 13.4. The third kappa shape index (κ3) is 5.83. The molecule has 32 heavy (non-hydrogen) atoms. The molecule has 2 N–H and O–H groups in total. The van der Waals surface area contributed by atoms with Gasteiger partial charge in [0, 0.05) is 11.4 Å². The van der Waals surface area contributed by atoms with Crippen LogP contribution in [0.3, 0.4) is 0 Å². The molecule has 3 aromatic carbocycles. The van der Waals surface area contributed by atoms with Gasteiger partial charge in [-0.15, -0.1) is 0 Å². The highest BCUT2D eigenvalue weighted by molar-refractivity contribution is 5.97. The van der Waals surface area contributed by atoms with Gasteiger partial charge in [0.2, 0.25) is 11.8 Å². The highest BCUT2D eigenvalue weighted by Crippen LogP contribution is 2.24. The molecule has 0 heterocycles. The fourth-order valence-corrected chi connectivity index (χ4v) is 3.69. The van der Waals surface area contributed by atoms with Crippen LogP contribution in [-0.4, -0.2) is 30.3 Å². The number of amides is 2. The van der Waals surface area contributed by atoms with Crippen molar-refractivity contribution < 1.29 is 9.59 Å². The molecule has 0 fully saturated rings. The third-order valence-corrected chi connectivity index (χ3v) is 5.52. The van der Waals surface area contributed by atoms with Crippen molar-refractivity contribution in [2.75, 3.05) is 24.2 Å². The molecule has 0 bridgehead atoms. The van der Waals surface area contributed by atoms with Gasteiger partial charge in [-0.3, -0.25) is 14.5 Å². The lowest BCUT2D eigenvalue weighted by Crippen LogP contribution is -2.39. The number of nitrogens with one attached hydrogen (secondary N) is 2. The van der Waals surface area contributed by atoms with Crippen LogP contribution in [0.4, 0.5) is 11.4 Å². The maximum Gasteiger partial charge on any atom is 0.246 e. The van der Waals surface area contributed by atoms with Gasteiger partial charge < -0.3 is 10.6 Å². The molecule has 0 radical (unpaired) electrons. The van der Waals surface area contributed by atoms with Crippen LogP contribution in [0.1, 0.15) is 33.9 Å². The number of anilines is 2. The number of nitrogens with zero attached hydrogens (tertiary/aromatic N) is 1. The summed E-state index contributed by atoms with van der Waals surface area (Å²) in [6, 6.07) is 20.8. The Kier molecular flexibility index (Phi) is 7.44. The van der Waals surface area contributed by atoms with Crippen molar-refractivity contribution in [2.24, 2.45) is 0 Å². The molecule has 0 saturated carbocycles. The van der Waals surface area contributed by atoms with Crippen LogP contribution in [0.25, 0.3) is 0 Å². The molecule has 0 aliphatic rings. The first-order chi connectivity index (χ1) is 15.2. The molecule has 0 aliphatic heterocycles. The van der Waals surface area contributed by atoms with E-state index in [0.29, 0.717) is 0 Å².